The van der Waals surface area contributed by atoms with Gasteiger partial charge in [-0.25, -0.2) is 0 Å². The number of H-pyrrole nitrogens is 1. The Morgan fingerprint density at radius 1 is 1.33 bits per heavy atom. The smallest absolute Gasteiger partial charge is 0.128 e. The number of aromatic hydroxyl groups is 1. The first-order valence-corrected chi connectivity index (χ1v) is 8.36. The zero-order valence-corrected chi connectivity index (χ0v) is 14.6. The average molecular weight is 327 g/mol. The number of rotatable bonds is 8. The van der Waals surface area contributed by atoms with Gasteiger partial charge < -0.3 is 9.84 Å². The summed E-state index contributed by atoms with van der Waals surface area (Å²) in [6.45, 7) is 6.55. The SMILES string of the molecule is CCc1cc(-c2ccn[nH]2)c(O)cc1OCCCCC(C)(C)C#N. The van der Waals surface area contributed by atoms with E-state index in [1.165, 1.54) is 0 Å². The molecule has 0 spiro atoms. The lowest BCUT2D eigenvalue weighted by Crippen LogP contribution is -2.08. The van der Waals surface area contributed by atoms with Crippen molar-refractivity contribution in [1.29, 1.82) is 5.26 Å². The van der Waals surface area contributed by atoms with Crippen LogP contribution in [-0.2, 0) is 6.42 Å². The summed E-state index contributed by atoms with van der Waals surface area (Å²) in [4.78, 5) is 0. The molecule has 0 unspecified atom stereocenters. The van der Waals surface area contributed by atoms with Crippen LogP contribution in [0.5, 0.6) is 11.5 Å². The van der Waals surface area contributed by atoms with Crippen LogP contribution in [-0.4, -0.2) is 21.9 Å². The molecule has 5 heteroatoms. The van der Waals surface area contributed by atoms with Crippen molar-refractivity contribution >= 4 is 0 Å². The molecular formula is C19H25N3O2. The molecule has 0 saturated carbocycles. The molecule has 1 aromatic heterocycles. The van der Waals surface area contributed by atoms with Crippen molar-refractivity contribution in [3.63, 3.8) is 0 Å². The summed E-state index contributed by atoms with van der Waals surface area (Å²) in [7, 11) is 0. The fourth-order valence-corrected chi connectivity index (χ4v) is 2.55. The van der Waals surface area contributed by atoms with Crippen LogP contribution in [0.15, 0.2) is 24.4 Å². The number of ether oxygens (including phenoxy) is 1. The number of phenols is 1. The zero-order valence-electron chi connectivity index (χ0n) is 14.6. The van der Waals surface area contributed by atoms with Crippen LogP contribution in [0.1, 0.15) is 45.6 Å². The fraction of sp³-hybridized carbons (Fsp3) is 0.474. The van der Waals surface area contributed by atoms with Gasteiger partial charge in [-0.1, -0.05) is 6.92 Å². The third-order valence-corrected chi connectivity index (χ3v) is 4.11. The van der Waals surface area contributed by atoms with Crippen molar-refractivity contribution in [2.24, 2.45) is 5.41 Å². The Hall–Kier alpha value is -2.48. The van der Waals surface area contributed by atoms with Crippen LogP contribution in [0.25, 0.3) is 11.3 Å². The van der Waals surface area contributed by atoms with Gasteiger partial charge in [0.1, 0.15) is 11.5 Å². The molecule has 2 rings (SSSR count). The first kappa shape index (κ1) is 17.9. The molecular weight excluding hydrogens is 302 g/mol. The van der Waals surface area contributed by atoms with Gasteiger partial charge in [0.15, 0.2) is 0 Å². The summed E-state index contributed by atoms with van der Waals surface area (Å²) in [6, 6.07) is 7.75. The van der Waals surface area contributed by atoms with Crippen LogP contribution in [0, 0.1) is 16.7 Å². The standard InChI is InChI=1S/C19H25N3O2/c1-4-14-11-15(16-7-9-21-22-16)17(23)12-18(14)24-10-6-5-8-19(2,3)13-20/h7,9,11-12,23H,4-6,8,10H2,1-3H3,(H,21,22). The monoisotopic (exact) mass is 327 g/mol. The number of aromatic nitrogens is 2. The van der Waals surface area contributed by atoms with Gasteiger partial charge in [0.05, 0.1) is 23.8 Å². The predicted octanol–water partition coefficient (Wildman–Crippen LogP) is 4.44. The summed E-state index contributed by atoms with van der Waals surface area (Å²) < 4.78 is 5.86. The Balaban J connectivity index is 1.98. The minimum absolute atomic E-state index is 0.178. The second kappa shape index (κ2) is 7.87. The van der Waals surface area contributed by atoms with Crippen molar-refractivity contribution in [3.8, 4) is 28.8 Å². The molecule has 0 aliphatic carbocycles. The minimum Gasteiger partial charge on any atom is -0.507 e. The highest BCUT2D eigenvalue weighted by atomic mass is 16.5. The Bertz CT molecular complexity index is 700. The summed E-state index contributed by atoms with van der Waals surface area (Å²) in [5, 5.41) is 26.1. The van der Waals surface area contributed by atoms with Crippen molar-refractivity contribution in [2.45, 2.75) is 46.5 Å². The molecule has 0 amide bonds. The first-order valence-electron chi connectivity index (χ1n) is 8.36. The number of nitrogens with zero attached hydrogens (tertiary/aromatic N) is 2. The van der Waals surface area contributed by atoms with Crippen molar-refractivity contribution < 1.29 is 9.84 Å². The van der Waals surface area contributed by atoms with Gasteiger partial charge in [0.25, 0.3) is 0 Å². The topological polar surface area (TPSA) is 81.9 Å². The number of phenolic OH excluding ortho intramolecular Hbond substituents is 1. The number of benzene rings is 1. The van der Waals surface area contributed by atoms with Crippen LogP contribution < -0.4 is 4.74 Å². The van der Waals surface area contributed by atoms with Gasteiger partial charge >= 0.3 is 0 Å². The number of hydrogen-bond acceptors (Lipinski definition) is 4. The van der Waals surface area contributed by atoms with Gasteiger partial charge in [0, 0.05) is 17.8 Å². The molecule has 24 heavy (non-hydrogen) atoms. The van der Waals surface area contributed by atoms with Crippen LogP contribution >= 0.6 is 0 Å². The maximum atomic E-state index is 10.3. The van der Waals surface area contributed by atoms with Crippen molar-refractivity contribution in [3.05, 3.63) is 30.0 Å². The van der Waals surface area contributed by atoms with Crippen LogP contribution in [0.4, 0.5) is 0 Å². The summed E-state index contributed by atoms with van der Waals surface area (Å²) in [6.07, 6.45) is 5.17. The molecule has 128 valence electrons. The van der Waals surface area contributed by atoms with E-state index in [0.717, 1.165) is 48.3 Å². The maximum Gasteiger partial charge on any atom is 0.128 e. The van der Waals surface area contributed by atoms with Crippen LogP contribution in [0.2, 0.25) is 0 Å². The number of unbranched alkanes of at least 4 members (excludes halogenated alkanes) is 1. The lowest BCUT2D eigenvalue weighted by Gasteiger charge is -2.16. The van der Waals surface area contributed by atoms with E-state index in [1.807, 2.05) is 26.0 Å². The summed E-state index contributed by atoms with van der Waals surface area (Å²) >= 11 is 0. The van der Waals surface area contributed by atoms with E-state index in [9.17, 15) is 5.11 Å². The Morgan fingerprint density at radius 2 is 2.12 bits per heavy atom. The molecule has 0 atom stereocenters. The maximum absolute atomic E-state index is 10.3. The summed E-state index contributed by atoms with van der Waals surface area (Å²) in [5.41, 5.74) is 2.29. The molecule has 0 bridgehead atoms. The van der Waals surface area contributed by atoms with E-state index in [1.54, 1.807) is 12.3 Å². The third kappa shape index (κ3) is 4.51. The van der Waals surface area contributed by atoms with Gasteiger partial charge in [-0.05, 0) is 57.2 Å². The molecule has 1 aromatic carbocycles. The normalized spacial score (nSPS) is 11.2. The second-order valence-electron chi connectivity index (χ2n) is 6.60. The average Bonchev–Trinajstić information content (AvgIpc) is 3.09. The van der Waals surface area contributed by atoms with E-state index < -0.39 is 0 Å². The van der Waals surface area contributed by atoms with E-state index in [0.29, 0.717) is 6.61 Å². The number of hydrogen-bond donors (Lipinski definition) is 2. The Kier molecular flexibility index (Phi) is 5.86. The van der Waals surface area contributed by atoms with Crippen molar-refractivity contribution in [1.82, 2.24) is 10.2 Å². The minimum atomic E-state index is -0.279. The highest BCUT2D eigenvalue weighted by Gasteiger charge is 2.16. The fourth-order valence-electron chi connectivity index (χ4n) is 2.55. The lowest BCUT2D eigenvalue weighted by atomic mass is 9.89. The van der Waals surface area contributed by atoms with Gasteiger partial charge in [-0.2, -0.15) is 10.4 Å². The molecule has 2 N–H and O–H groups in total. The number of aromatic amines is 1. The molecule has 2 aromatic rings. The molecule has 1 heterocycles. The molecule has 0 saturated heterocycles. The third-order valence-electron chi connectivity index (χ3n) is 4.11. The number of aryl methyl sites for hydroxylation is 1. The van der Waals surface area contributed by atoms with E-state index in [2.05, 4.69) is 23.2 Å². The second-order valence-corrected chi connectivity index (χ2v) is 6.60. The quantitative estimate of drug-likeness (QED) is 0.702. The van der Waals surface area contributed by atoms with E-state index in [-0.39, 0.29) is 11.2 Å². The van der Waals surface area contributed by atoms with Crippen LogP contribution in [0.3, 0.4) is 0 Å². The van der Waals surface area contributed by atoms with Gasteiger partial charge in [-0.3, -0.25) is 5.10 Å². The largest absolute Gasteiger partial charge is 0.507 e. The van der Waals surface area contributed by atoms with Gasteiger partial charge in [-0.15, -0.1) is 0 Å². The van der Waals surface area contributed by atoms with Gasteiger partial charge in [0.2, 0.25) is 0 Å². The highest BCUT2D eigenvalue weighted by molar-refractivity contribution is 5.69. The lowest BCUT2D eigenvalue weighted by molar-refractivity contribution is 0.291. The number of nitrogens with one attached hydrogen (secondary N) is 1. The van der Waals surface area contributed by atoms with E-state index >= 15 is 0 Å². The van der Waals surface area contributed by atoms with E-state index in [4.69, 9.17) is 10.00 Å². The Morgan fingerprint density at radius 3 is 2.75 bits per heavy atom. The molecule has 0 aliphatic heterocycles. The molecule has 0 fully saturated rings. The molecule has 0 aliphatic rings. The number of nitriles is 1. The zero-order chi connectivity index (χ0) is 17.6. The highest BCUT2D eigenvalue weighted by Crippen LogP contribution is 2.35. The van der Waals surface area contributed by atoms with Crippen molar-refractivity contribution in [2.75, 3.05) is 6.61 Å². The molecule has 5 nitrogen and oxygen atoms in total. The molecule has 0 radical (unpaired) electrons. The first-order chi connectivity index (χ1) is 11.5. The predicted molar refractivity (Wildman–Crippen MR) is 93.8 cm³/mol. The Labute approximate surface area is 143 Å². The summed E-state index contributed by atoms with van der Waals surface area (Å²) in [5.74, 6) is 0.898.